The van der Waals surface area contributed by atoms with Crippen molar-refractivity contribution < 1.29 is 1.43 Å². The summed E-state index contributed by atoms with van der Waals surface area (Å²) in [6.07, 6.45) is 5.08. The van der Waals surface area contributed by atoms with Crippen LogP contribution in [0.15, 0.2) is 18.7 Å². The number of hydrogen-bond donors (Lipinski definition) is 1. The van der Waals surface area contributed by atoms with Crippen LogP contribution >= 0.6 is 12.4 Å². The Morgan fingerprint density at radius 2 is 2.50 bits per heavy atom. The first-order valence-corrected chi connectivity index (χ1v) is 1.43. The summed E-state index contributed by atoms with van der Waals surface area (Å²) in [6, 6.07) is 0. The molecule has 0 aliphatic heterocycles. The number of hydrogen-bond acceptors (Lipinski definition) is 1. The first-order valence-electron chi connectivity index (χ1n) is 1.43. The maximum Gasteiger partial charge on any atom is 1.00 e. The number of nitrogens with zero attached hydrogens (tertiary/aromatic N) is 1. The molecule has 0 bridgehead atoms. The van der Waals surface area contributed by atoms with Gasteiger partial charge in [0.15, 0.2) is 0 Å². The van der Waals surface area contributed by atoms with Crippen molar-refractivity contribution in [3.63, 3.8) is 0 Å². The minimum atomic E-state index is 0. The molecule has 0 amide bonds. The highest BCUT2D eigenvalue weighted by Gasteiger charge is 1.56. The standard InChI is InChI=1S/C3H4N2.ClH/c1-2-5-3-4-1;/h1-3H,(H,4,5);1H/p+1. The molecule has 2 nitrogen and oxygen atoms in total. The SMILES string of the molecule is Cl.[H+].c1c[nH]cn1. The summed E-state index contributed by atoms with van der Waals surface area (Å²) >= 11 is 0. The lowest BCUT2D eigenvalue weighted by Crippen LogP contribution is -1.44. The van der Waals surface area contributed by atoms with E-state index in [0.29, 0.717) is 0 Å². The number of nitrogens with one attached hydrogen (secondary N) is 1. The molecule has 1 aromatic heterocycles. The van der Waals surface area contributed by atoms with Gasteiger partial charge in [0.25, 0.3) is 0 Å². The van der Waals surface area contributed by atoms with Gasteiger partial charge < -0.3 is 4.98 Å². The van der Waals surface area contributed by atoms with Gasteiger partial charge in [-0.3, -0.25) is 0 Å². The Morgan fingerprint density at radius 1 is 1.67 bits per heavy atom. The number of imidazole rings is 1. The van der Waals surface area contributed by atoms with Crippen molar-refractivity contribution in [2.24, 2.45) is 0 Å². The molecule has 0 aromatic carbocycles. The zero-order valence-corrected chi connectivity index (χ0v) is 3.90. The smallest absolute Gasteiger partial charge is 0.351 e. The summed E-state index contributed by atoms with van der Waals surface area (Å²) in [4.78, 5) is 6.42. The highest BCUT2D eigenvalue weighted by atomic mass is 35.5. The number of H-pyrrole nitrogens is 1. The van der Waals surface area contributed by atoms with E-state index in [1.165, 1.54) is 0 Å². The van der Waals surface area contributed by atoms with E-state index in [1.54, 1.807) is 18.7 Å². The molecule has 0 unspecified atom stereocenters. The average Bonchev–Trinajstić information content (AvgIpc) is 1.76. The van der Waals surface area contributed by atoms with Crippen LogP contribution in [-0.4, -0.2) is 9.97 Å². The fraction of sp³-hybridized carbons (Fsp3) is 0. The fourth-order valence-corrected chi connectivity index (χ4v) is 0.215. The van der Waals surface area contributed by atoms with E-state index in [9.17, 15) is 0 Å². The molecule has 0 saturated heterocycles. The summed E-state index contributed by atoms with van der Waals surface area (Å²) in [6.45, 7) is 0. The van der Waals surface area contributed by atoms with Crippen LogP contribution in [0, 0.1) is 0 Å². The van der Waals surface area contributed by atoms with Gasteiger partial charge >= 0.3 is 1.43 Å². The van der Waals surface area contributed by atoms with Gasteiger partial charge in [-0.1, -0.05) is 0 Å². The lowest BCUT2D eigenvalue weighted by Gasteiger charge is -1.46. The van der Waals surface area contributed by atoms with Crippen molar-refractivity contribution in [3.8, 4) is 0 Å². The third-order valence-corrected chi connectivity index (χ3v) is 0.406. The highest BCUT2D eigenvalue weighted by molar-refractivity contribution is 5.85. The summed E-state index contributed by atoms with van der Waals surface area (Å²) in [7, 11) is 0. The average molecular weight is 106 g/mol. The lowest BCUT2D eigenvalue weighted by molar-refractivity contribution is 1.31. The number of halogens is 1. The normalized spacial score (nSPS) is 6.67. The Kier molecular flexibility index (Phi) is 2.50. The Hall–Kier alpha value is -0.500. The second-order valence-corrected chi connectivity index (χ2v) is 0.761. The first kappa shape index (κ1) is 5.50. The molecule has 3 heteroatoms. The first-order chi connectivity index (χ1) is 2.50. The quantitative estimate of drug-likeness (QED) is 0.523. The van der Waals surface area contributed by atoms with E-state index < -0.39 is 0 Å². The largest absolute Gasteiger partial charge is 1.00 e. The van der Waals surface area contributed by atoms with Crippen LogP contribution in [0.2, 0.25) is 0 Å². The fourth-order valence-electron chi connectivity index (χ4n) is 0.215. The molecule has 1 N–H and O–H groups in total. The topological polar surface area (TPSA) is 28.7 Å². The van der Waals surface area contributed by atoms with Crippen molar-refractivity contribution in [3.05, 3.63) is 18.7 Å². The van der Waals surface area contributed by atoms with Gasteiger partial charge in [0.2, 0.25) is 0 Å². The van der Waals surface area contributed by atoms with Crippen LogP contribution in [0.4, 0.5) is 0 Å². The van der Waals surface area contributed by atoms with Gasteiger partial charge in [-0.05, 0) is 0 Å². The van der Waals surface area contributed by atoms with E-state index >= 15 is 0 Å². The number of aromatic nitrogens is 2. The van der Waals surface area contributed by atoms with Gasteiger partial charge in [0.1, 0.15) is 0 Å². The zero-order valence-electron chi connectivity index (χ0n) is 4.09. The van der Waals surface area contributed by atoms with Crippen molar-refractivity contribution in [1.82, 2.24) is 9.97 Å². The molecular formula is C3H6ClN2+. The molecule has 1 heterocycles. The molecular weight excluding hydrogens is 99.5 g/mol. The molecule has 34 valence electrons. The maximum atomic E-state index is 3.67. The maximum absolute atomic E-state index is 3.67. The summed E-state index contributed by atoms with van der Waals surface area (Å²) < 4.78 is 0. The minimum absolute atomic E-state index is 0. The van der Waals surface area contributed by atoms with Gasteiger partial charge in [-0.25, -0.2) is 4.98 Å². The third kappa shape index (κ3) is 1.08. The predicted octanol–water partition coefficient (Wildman–Crippen LogP) is 0.944. The molecule has 0 radical (unpaired) electrons. The van der Waals surface area contributed by atoms with Gasteiger partial charge in [0, 0.05) is 12.4 Å². The highest BCUT2D eigenvalue weighted by Crippen LogP contribution is 1.62. The van der Waals surface area contributed by atoms with Gasteiger partial charge in [-0.2, -0.15) is 0 Å². The van der Waals surface area contributed by atoms with Crippen LogP contribution < -0.4 is 0 Å². The Bertz CT molecular complexity index is 69.4. The van der Waals surface area contributed by atoms with Gasteiger partial charge in [-0.15, -0.1) is 12.4 Å². The Labute approximate surface area is 43.5 Å². The van der Waals surface area contributed by atoms with E-state index in [1.807, 2.05) is 0 Å². The Morgan fingerprint density at radius 3 is 2.67 bits per heavy atom. The van der Waals surface area contributed by atoms with Crippen molar-refractivity contribution in [1.29, 1.82) is 0 Å². The minimum Gasteiger partial charge on any atom is -0.351 e. The molecule has 0 aliphatic rings. The van der Waals surface area contributed by atoms with Crippen LogP contribution in [-0.2, 0) is 0 Å². The third-order valence-electron chi connectivity index (χ3n) is 0.406. The number of aromatic amines is 1. The molecule has 0 spiro atoms. The zero-order chi connectivity index (χ0) is 3.54. The summed E-state index contributed by atoms with van der Waals surface area (Å²) in [5.74, 6) is 0. The molecule has 0 fully saturated rings. The van der Waals surface area contributed by atoms with Crippen LogP contribution in [0.3, 0.4) is 0 Å². The summed E-state index contributed by atoms with van der Waals surface area (Å²) in [5.41, 5.74) is 0. The van der Waals surface area contributed by atoms with E-state index in [0.717, 1.165) is 0 Å². The monoisotopic (exact) mass is 105 g/mol. The van der Waals surface area contributed by atoms with Crippen molar-refractivity contribution >= 4 is 12.4 Å². The predicted molar refractivity (Wildman–Crippen MR) is 26.9 cm³/mol. The lowest BCUT2D eigenvalue weighted by atomic mass is 11.0. The molecule has 0 saturated carbocycles. The molecule has 1 rings (SSSR count). The van der Waals surface area contributed by atoms with E-state index in [4.69, 9.17) is 0 Å². The molecule has 0 atom stereocenters. The van der Waals surface area contributed by atoms with Crippen LogP contribution in [0.5, 0.6) is 0 Å². The molecule has 6 heavy (non-hydrogen) atoms. The van der Waals surface area contributed by atoms with E-state index in [2.05, 4.69) is 9.97 Å². The second-order valence-electron chi connectivity index (χ2n) is 0.761. The van der Waals surface area contributed by atoms with E-state index in [-0.39, 0.29) is 13.8 Å². The van der Waals surface area contributed by atoms with Crippen molar-refractivity contribution in [2.75, 3.05) is 0 Å². The Balaban J connectivity index is 0. The van der Waals surface area contributed by atoms with Crippen LogP contribution in [0.25, 0.3) is 0 Å². The van der Waals surface area contributed by atoms with Crippen LogP contribution in [0.1, 0.15) is 1.43 Å². The van der Waals surface area contributed by atoms with Gasteiger partial charge in [0.05, 0.1) is 6.33 Å². The van der Waals surface area contributed by atoms with Crippen molar-refractivity contribution in [2.45, 2.75) is 0 Å². The molecule has 1 aromatic rings. The number of rotatable bonds is 0. The second kappa shape index (κ2) is 2.72. The molecule has 0 aliphatic carbocycles. The summed E-state index contributed by atoms with van der Waals surface area (Å²) in [5, 5.41) is 0.